The number of nitrogens with zero attached hydrogens (tertiary/aromatic N) is 2. The van der Waals surface area contributed by atoms with Crippen LogP contribution >= 0.6 is 0 Å². The quantitative estimate of drug-likeness (QED) is 0.741. The van der Waals surface area contributed by atoms with Crippen molar-refractivity contribution < 1.29 is 14.4 Å². The minimum Gasteiger partial charge on any atom is -0.370 e. The van der Waals surface area contributed by atoms with E-state index in [2.05, 4.69) is 11.4 Å². The molecule has 1 aromatic rings. The molecule has 156 valence electrons. The van der Waals surface area contributed by atoms with Crippen LogP contribution in [0.5, 0.6) is 0 Å². The van der Waals surface area contributed by atoms with E-state index >= 15 is 0 Å². The summed E-state index contributed by atoms with van der Waals surface area (Å²) in [6.45, 7) is 6.16. The van der Waals surface area contributed by atoms with E-state index in [0.717, 1.165) is 18.4 Å². The highest BCUT2D eigenvalue weighted by atomic mass is 16.2. The third kappa shape index (κ3) is 4.26. The molecule has 7 heteroatoms. The summed E-state index contributed by atoms with van der Waals surface area (Å²) in [7, 11) is 0. The molecule has 0 bridgehead atoms. The molecule has 3 N–H and O–H groups in total. The summed E-state index contributed by atoms with van der Waals surface area (Å²) in [6.07, 6.45) is 2.87. The van der Waals surface area contributed by atoms with Crippen molar-refractivity contribution in [3.05, 3.63) is 35.9 Å². The highest BCUT2D eigenvalue weighted by Crippen LogP contribution is 2.56. The first-order valence-electron chi connectivity index (χ1n) is 10.1. The summed E-state index contributed by atoms with van der Waals surface area (Å²) in [5, 5.41) is 12.6. The summed E-state index contributed by atoms with van der Waals surface area (Å²) in [5.74, 6) is -0.394. The zero-order chi connectivity index (χ0) is 21.7. The third-order valence-electron chi connectivity index (χ3n) is 5.55. The SMILES string of the molecule is CCCC(=O)N1C(c2ccccc2)C(C)(C#N)CC12CNC2=O.CCCC(N)=O. The number of hydrogen-bond donors (Lipinski definition) is 2. The largest absolute Gasteiger partial charge is 0.370 e. The van der Waals surface area contributed by atoms with Crippen molar-refractivity contribution in [1.29, 1.82) is 5.26 Å². The molecule has 3 atom stereocenters. The molecule has 0 saturated carbocycles. The Bertz CT molecular complexity index is 804. The topological polar surface area (TPSA) is 116 Å². The summed E-state index contributed by atoms with van der Waals surface area (Å²) in [5.41, 5.74) is 4.04. The Morgan fingerprint density at radius 1 is 1.24 bits per heavy atom. The second-order valence-corrected chi connectivity index (χ2v) is 7.96. The maximum absolute atomic E-state index is 12.8. The fourth-order valence-corrected chi connectivity index (χ4v) is 4.24. The molecule has 0 aromatic heterocycles. The first-order chi connectivity index (χ1) is 13.8. The molecule has 3 rings (SSSR count). The number of carbonyl (C=O) groups is 3. The van der Waals surface area contributed by atoms with E-state index in [9.17, 15) is 19.6 Å². The van der Waals surface area contributed by atoms with Crippen molar-refractivity contribution in [2.24, 2.45) is 11.1 Å². The summed E-state index contributed by atoms with van der Waals surface area (Å²) >= 11 is 0. The van der Waals surface area contributed by atoms with Crippen LogP contribution in [-0.2, 0) is 14.4 Å². The molecule has 2 heterocycles. The highest BCUT2D eigenvalue weighted by molar-refractivity contribution is 5.98. The van der Waals surface area contributed by atoms with Crippen molar-refractivity contribution in [3.63, 3.8) is 0 Å². The molecule has 0 aliphatic carbocycles. The van der Waals surface area contributed by atoms with Gasteiger partial charge < -0.3 is 16.0 Å². The predicted octanol–water partition coefficient (Wildman–Crippen LogP) is 2.43. The summed E-state index contributed by atoms with van der Waals surface area (Å²) in [6, 6.07) is 11.6. The van der Waals surface area contributed by atoms with E-state index in [4.69, 9.17) is 5.73 Å². The average molecular weight is 399 g/mol. The number of nitrogens with one attached hydrogen (secondary N) is 1. The van der Waals surface area contributed by atoms with Crippen molar-refractivity contribution in [2.45, 2.75) is 64.5 Å². The second kappa shape index (κ2) is 9.08. The van der Waals surface area contributed by atoms with Crippen LogP contribution in [-0.4, -0.2) is 34.7 Å². The first-order valence-corrected chi connectivity index (χ1v) is 10.1. The predicted molar refractivity (Wildman–Crippen MR) is 109 cm³/mol. The number of amides is 3. The maximum atomic E-state index is 12.8. The van der Waals surface area contributed by atoms with Crippen LogP contribution in [0.3, 0.4) is 0 Å². The fraction of sp³-hybridized carbons (Fsp3) is 0.545. The Kier molecular flexibility index (Phi) is 7.02. The van der Waals surface area contributed by atoms with Gasteiger partial charge in [0, 0.05) is 19.3 Å². The number of likely N-dealkylation sites (tertiary alicyclic amines) is 1. The van der Waals surface area contributed by atoms with Crippen LogP contribution in [0.25, 0.3) is 0 Å². The van der Waals surface area contributed by atoms with Gasteiger partial charge in [0.15, 0.2) is 0 Å². The first kappa shape index (κ1) is 22.4. The zero-order valence-electron chi connectivity index (χ0n) is 17.4. The highest BCUT2D eigenvalue weighted by Gasteiger charge is 2.66. The third-order valence-corrected chi connectivity index (χ3v) is 5.55. The molecular formula is C22H30N4O3. The summed E-state index contributed by atoms with van der Waals surface area (Å²) < 4.78 is 0. The number of carbonyl (C=O) groups excluding carboxylic acids is 3. The molecule has 2 saturated heterocycles. The van der Waals surface area contributed by atoms with Crippen LogP contribution in [0, 0.1) is 16.7 Å². The smallest absolute Gasteiger partial charge is 0.248 e. The number of rotatable bonds is 5. The lowest BCUT2D eigenvalue weighted by atomic mass is 9.75. The molecule has 3 amide bonds. The van der Waals surface area contributed by atoms with E-state index < -0.39 is 17.0 Å². The number of nitriles is 1. The molecule has 0 radical (unpaired) electrons. The van der Waals surface area contributed by atoms with E-state index in [-0.39, 0.29) is 17.7 Å². The zero-order valence-corrected chi connectivity index (χ0v) is 17.4. The van der Waals surface area contributed by atoms with Crippen LogP contribution in [0.2, 0.25) is 0 Å². The second-order valence-electron chi connectivity index (χ2n) is 7.96. The minimum absolute atomic E-state index is 0.0461. The van der Waals surface area contributed by atoms with Gasteiger partial charge in [-0.3, -0.25) is 14.4 Å². The maximum Gasteiger partial charge on any atom is 0.248 e. The van der Waals surface area contributed by atoms with E-state index in [0.29, 0.717) is 25.8 Å². The average Bonchev–Trinajstić information content (AvgIpc) is 3.00. The van der Waals surface area contributed by atoms with Crippen LogP contribution in [0.15, 0.2) is 30.3 Å². The monoisotopic (exact) mass is 398 g/mol. The van der Waals surface area contributed by atoms with Crippen molar-refractivity contribution in [2.75, 3.05) is 6.54 Å². The minimum atomic E-state index is -0.864. The molecule has 29 heavy (non-hydrogen) atoms. The molecule has 2 aliphatic rings. The van der Waals surface area contributed by atoms with Gasteiger partial charge in [-0.05, 0) is 25.3 Å². The van der Waals surface area contributed by atoms with Crippen LogP contribution in [0.1, 0.15) is 64.5 Å². The van der Waals surface area contributed by atoms with Gasteiger partial charge in [0.2, 0.25) is 17.7 Å². The number of benzene rings is 1. The number of β-lactam (4-membered cyclic amide) rings is 1. The Morgan fingerprint density at radius 3 is 2.24 bits per heavy atom. The van der Waals surface area contributed by atoms with Crippen molar-refractivity contribution in [3.8, 4) is 6.07 Å². The molecular weight excluding hydrogens is 368 g/mol. The standard InChI is InChI=1S/C18H21N3O2.C4H9NO/c1-3-7-14(22)21-15(13-8-5-4-6-9-13)17(2,11-19)10-18(21)12-20-16(18)23;1-2-3-4(5)6/h4-6,8-9,15H,3,7,10,12H2,1-2H3,(H,20,23);2-3H2,1H3,(H2,5,6). The van der Waals surface area contributed by atoms with E-state index in [1.807, 2.05) is 51.1 Å². The fourth-order valence-electron chi connectivity index (χ4n) is 4.24. The van der Waals surface area contributed by atoms with Gasteiger partial charge in [0.05, 0.1) is 24.1 Å². The normalized spacial score (nSPS) is 27.3. The molecule has 1 spiro atoms. The molecule has 1 aromatic carbocycles. The Hall–Kier alpha value is -2.88. The number of hydrogen-bond acceptors (Lipinski definition) is 4. The van der Waals surface area contributed by atoms with Gasteiger partial charge in [-0.25, -0.2) is 0 Å². The summed E-state index contributed by atoms with van der Waals surface area (Å²) in [4.78, 5) is 36.7. The van der Waals surface area contributed by atoms with Gasteiger partial charge in [-0.15, -0.1) is 0 Å². The lowest BCUT2D eigenvalue weighted by Crippen LogP contribution is -2.71. The van der Waals surface area contributed by atoms with Gasteiger partial charge in [-0.2, -0.15) is 5.26 Å². The molecule has 7 nitrogen and oxygen atoms in total. The van der Waals surface area contributed by atoms with Crippen LogP contribution in [0.4, 0.5) is 0 Å². The van der Waals surface area contributed by atoms with E-state index in [1.54, 1.807) is 4.90 Å². The van der Waals surface area contributed by atoms with Gasteiger partial charge in [0.1, 0.15) is 5.54 Å². The lowest BCUT2D eigenvalue weighted by Gasteiger charge is -2.46. The van der Waals surface area contributed by atoms with Gasteiger partial charge in [-0.1, -0.05) is 44.2 Å². The molecule has 2 fully saturated rings. The Morgan fingerprint density at radius 2 is 1.86 bits per heavy atom. The van der Waals surface area contributed by atoms with E-state index in [1.165, 1.54) is 0 Å². The Balaban J connectivity index is 0.000000438. The van der Waals surface area contributed by atoms with Crippen LogP contribution < -0.4 is 11.1 Å². The van der Waals surface area contributed by atoms with Gasteiger partial charge >= 0.3 is 0 Å². The van der Waals surface area contributed by atoms with Crippen molar-refractivity contribution in [1.82, 2.24) is 10.2 Å². The lowest BCUT2D eigenvalue weighted by molar-refractivity contribution is -0.154. The molecule has 3 unspecified atom stereocenters. The van der Waals surface area contributed by atoms with Gasteiger partial charge in [0.25, 0.3) is 0 Å². The van der Waals surface area contributed by atoms with Crippen molar-refractivity contribution >= 4 is 17.7 Å². The Labute approximate surface area is 172 Å². The molecule has 2 aliphatic heterocycles. The number of nitrogens with two attached hydrogens (primary N) is 1. The number of primary amides is 1.